The molecule has 0 saturated carbocycles. The molecule has 0 heterocycles. The highest BCUT2D eigenvalue weighted by molar-refractivity contribution is 7.98. The topological polar surface area (TPSA) is 46.2 Å². The molecule has 2 rings (SSSR count). The van der Waals surface area contributed by atoms with Crippen molar-refractivity contribution in [2.75, 3.05) is 6.54 Å². The highest BCUT2D eigenvalue weighted by atomic mass is 35.5. The summed E-state index contributed by atoms with van der Waals surface area (Å²) in [4.78, 5) is 1.13. The smallest absolute Gasteiger partial charge is 0.0802 e. The molecule has 21 heavy (non-hydrogen) atoms. The maximum Gasteiger partial charge on any atom is 0.0802 e. The van der Waals surface area contributed by atoms with Crippen molar-refractivity contribution in [2.24, 2.45) is 5.73 Å². The molecule has 0 aromatic heterocycles. The van der Waals surface area contributed by atoms with E-state index in [-0.39, 0.29) is 0 Å². The van der Waals surface area contributed by atoms with E-state index in [1.165, 1.54) is 0 Å². The monoisotopic (exact) mass is 341 g/mol. The Morgan fingerprint density at radius 1 is 1.10 bits per heavy atom. The summed E-state index contributed by atoms with van der Waals surface area (Å²) in [6.45, 7) is 0.479. The standard InChI is InChI=1S/C16H17Cl2NOS/c17-13-4-1-12(15(18)9-13)10-21-14-5-2-11(3-6-14)16(20)7-8-19/h1-6,9,16,20H,7-8,10,19H2. The van der Waals surface area contributed by atoms with E-state index in [0.29, 0.717) is 23.0 Å². The first-order valence-electron chi connectivity index (χ1n) is 6.65. The summed E-state index contributed by atoms with van der Waals surface area (Å²) in [6.07, 6.45) is 0.0899. The summed E-state index contributed by atoms with van der Waals surface area (Å²) in [5, 5.41) is 11.2. The van der Waals surface area contributed by atoms with Gasteiger partial charge in [0.2, 0.25) is 0 Å². The lowest BCUT2D eigenvalue weighted by Gasteiger charge is -2.10. The fraction of sp³-hybridized carbons (Fsp3) is 0.250. The average molecular weight is 342 g/mol. The minimum atomic E-state index is -0.486. The van der Waals surface area contributed by atoms with Crippen molar-refractivity contribution >= 4 is 35.0 Å². The van der Waals surface area contributed by atoms with E-state index in [1.54, 1.807) is 17.8 Å². The first-order chi connectivity index (χ1) is 10.1. The van der Waals surface area contributed by atoms with Crippen LogP contribution in [0, 0.1) is 0 Å². The van der Waals surface area contributed by atoms with Crippen LogP contribution in [0.2, 0.25) is 10.0 Å². The molecule has 3 N–H and O–H groups in total. The highest BCUT2D eigenvalue weighted by Crippen LogP contribution is 2.29. The number of hydrogen-bond donors (Lipinski definition) is 2. The number of rotatable bonds is 6. The first kappa shape index (κ1) is 16.7. The maximum absolute atomic E-state index is 9.86. The molecule has 0 spiro atoms. The van der Waals surface area contributed by atoms with E-state index >= 15 is 0 Å². The van der Waals surface area contributed by atoms with E-state index in [9.17, 15) is 5.11 Å². The lowest BCUT2D eigenvalue weighted by Crippen LogP contribution is -2.06. The van der Waals surface area contributed by atoms with Gasteiger partial charge in [-0.1, -0.05) is 41.4 Å². The van der Waals surface area contributed by atoms with Gasteiger partial charge in [0.25, 0.3) is 0 Å². The first-order valence-corrected chi connectivity index (χ1v) is 8.39. The minimum Gasteiger partial charge on any atom is -0.388 e. The van der Waals surface area contributed by atoms with Gasteiger partial charge < -0.3 is 10.8 Å². The zero-order valence-corrected chi connectivity index (χ0v) is 13.8. The Balaban J connectivity index is 1.97. The third-order valence-corrected chi connectivity index (χ3v) is 4.76. The number of thioether (sulfide) groups is 1. The number of aliphatic hydroxyl groups is 1. The summed E-state index contributed by atoms with van der Waals surface area (Å²) >= 11 is 13.7. The quantitative estimate of drug-likeness (QED) is 0.750. The fourth-order valence-corrected chi connectivity index (χ4v) is 3.37. The van der Waals surface area contributed by atoms with E-state index in [4.69, 9.17) is 28.9 Å². The number of aliphatic hydroxyl groups excluding tert-OH is 1. The zero-order chi connectivity index (χ0) is 15.2. The molecule has 0 bridgehead atoms. The second-order valence-corrected chi connectivity index (χ2v) is 6.58. The molecular weight excluding hydrogens is 325 g/mol. The van der Waals surface area contributed by atoms with Crippen molar-refractivity contribution in [3.8, 4) is 0 Å². The SMILES string of the molecule is NCCC(O)c1ccc(SCc2ccc(Cl)cc2Cl)cc1. The summed E-state index contributed by atoms with van der Waals surface area (Å²) < 4.78 is 0. The third-order valence-electron chi connectivity index (χ3n) is 3.11. The molecule has 1 unspecified atom stereocenters. The predicted molar refractivity (Wildman–Crippen MR) is 91.1 cm³/mol. The van der Waals surface area contributed by atoms with E-state index in [1.807, 2.05) is 36.4 Å². The van der Waals surface area contributed by atoms with Crippen molar-refractivity contribution in [1.82, 2.24) is 0 Å². The second-order valence-electron chi connectivity index (χ2n) is 4.69. The van der Waals surface area contributed by atoms with Crippen LogP contribution in [0.1, 0.15) is 23.7 Å². The van der Waals surface area contributed by atoms with Crippen molar-refractivity contribution < 1.29 is 5.11 Å². The number of benzene rings is 2. The van der Waals surface area contributed by atoms with Crippen molar-refractivity contribution in [2.45, 2.75) is 23.2 Å². The summed E-state index contributed by atoms with van der Waals surface area (Å²) in [5.41, 5.74) is 7.40. The largest absolute Gasteiger partial charge is 0.388 e. The normalized spacial score (nSPS) is 12.4. The Kier molecular flexibility index (Phi) is 6.40. The second kappa shape index (κ2) is 8.06. The van der Waals surface area contributed by atoms with Gasteiger partial charge in [-0.2, -0.15) is 0 Å². The molecule has 0 aliphatic rings. The minimum absolute atomic E-state index is 0.479. The number of hydrogen-bond acceptors (Lipinski definition) is 3. The molecule has 2 aromatic carbocycles. The third kappa shape index (κ3) is 4.90. The summed E-state index contributed by atoms with van der Waals surface area (Å²) in [7, 11) is 0. The molecule has 0 radical (unpaired) electrons. The molecule has 2 aromatic rings. The molecule has 0 aliphatic heterocycles. The van der Waals surface area contributed by atoms with Crippen LogP contribution >= 0.6 is 35.0 Å². The Bertz CT molecular complexity index is 589. The van der Waals surface area contributed by atoms with E-state index in [2.05, 4.69) is 0 Å². The molecule has 2 nitrogen and oxygen atoms in total. The predicted octanol–water partition coefficient (Wildman–Crippen LogP) is 4.67. The van der Waals surface area contributed by atoms with Crippen LogP contribution in [-0.2, 0) is 5.75 Å². The van der Waals surface area contributed by atoms with Crippen LogP contribution in [0.15, 0.2) is 47.4 Å². The van der Waals surface area contributed by atoms with Gasteiger partial charge in [-0.3, -0.25) is 0 Å². The fourth-order valence-electron chi connectivity index (χ4n) is 1.91. The lowest BCUT2D eigenvalue weighted by molar-refractivity contribution is 0.170. The Hall–Kier alpha value is -0.710. The van der Waals surface area contributed by atoms with Crippen molar-refractivity contribution in [3.05, 3.63) is 63.6 Å². The lowest BCUT2D eigenvalue weighted by atomic mass is 10.1. The average Bonchev–Trinajstić information content (AvgIpc) is 2.47. The Labute approximate surface area is 139 Å². The van der Waals surface area contributed by atoms with Crippen LogP contribution in [0.5, 0.6) is 0 Å². The van der Waals surface area contributed by atoms with Gasteiger partial charge in [-0.25, -0.2) is 0 Å². The zero-order valence-electron chi connectivity index (χ0n) is 11.4. The number of halogens is 2. The van der Waals surface area contributed by atoms with Gasteiger partial charge in [0.1, 0.15) is 0 Å². The van der Waals surface area contributed by atoms with Gasteiger partial charge in [-0.15, -0.1) is 11.8 Å². The Morgan fingerprint density at radius 2 is 1.81 bits per heavy atom. The van der Waals surface area contributed by atoms with E-state index < -0.39 is 6.10 Å². The van der Waals surface area contributed by atoms with Crippen molar-refractivity contribution in [3.63, 3.8) is 0 Å². The molecule has 0 aliphatic carbocycles. The molecule has 1 atom stereocenters. The van der Waals surface area contributed by atoms with Crippen molar-refractivity contribution in [1.29, 1.82) is 0 Å². The molecule has 112 valence electrons. The van der Waals surface area contributed by atoms with Crippen LogP contribution in [0.4, 0.5) is 0 Å². The van der Waals surface area contributed by atoms with Gasteiger partial charge in [0.15, 0.2) is 0 Å². The molecule has 0 saturated heterocycles. The molecule has 5 heteroatoms. The maximum atomic E-state index is 9.86. The van der Waals surface area contributed by atoms with Crippen LogP contribution in [0.3, 0.4) is 0 Å². The summed E-state index contributed by atoms with van der Waals surface area (Å²) in [6, 6.07) is 13.4. The molecule has 0 fully saturated rings. The van der Waals surface area contributed by atoms with Gasteiger partial charge >= 0.3 is 0 Å². The number of nitrogens with two attached hydrogens (primary N) is 1. The van der Waals surface area contributed by atoms with Gasteiger partial charge in [0.05, 0.1) is 6.10 Å². The Morgan fingerprint density at radius 3 is 2.43 bits per heavy atom. The molecule has 0 amide bonds. The van der Waals surface area contributed by atoms with Crippen LogP contribution < -0.4 is 5.73 Å². The molecular formula is C16H17Cl2NOS. The summed E-state index contributed by atoms with van der Waals surface area (Å²) in [5.74, 6) is 0.778. The van der Waals surface area contributed by atoms with Crippen LogP contribution in [0.25, 0.3) is 0 Å². The van der Waals surface area contributed by atoms with Gasteiger partial charge in [-0.05, 0) is 48.4 Å². The van der Waals surface area contributed by atoms with E-state index in [0.717, 1.165) is 21.8 Å². The highest BCUT2D eigenvalue weighted by Gasteiger charge is 2.07. The van der Waals surface area contributed by atoms with Gasteiger partial charge in [0, 0.05) is 20.7 Å². The van der Waals surface area contributed by atoms with Crippen LogP contribution in [-0.4, -0.2) is 11.7 Å².